The van der Waals surface area contributed by atoms with Crippen LogP contribution >= 0.6 is 35.0 Å². The summed E-state index contributed by atoms with van der Waals surface area (Å²) in [6.07, 6.45) is -0.00302. The number of rotatable bonds is 9. The van der Waals surface area contributed by atoms with Crippen molar-refractivity contribution < 1.29 is 28.7 Å². The van der Waals surface area contributed by atoms with E-state index in [0.29, 0.717) is 18.8 Å². The van der Waals surface area contributed by atoms with Crippen LogP contribution in [0, 0.1) is 0 Å². The van der Waals surface area contributed by atoms with Gasteiger partial charge in [0.1, 0.15) is 11.2 Å². The van der Waals surface area contributed by atoms with E-state index in [1.54, 1.807) is 16.7 Å². The average molecular weight is 507 g/mol. The van der Waals surface area contributed by atoms with Crippen LogP contribution in [-0.4, -0.2) is 70.8 Å². The molecule has 2 N–H and O–H groups in total. The Bertz CT molecular complexity index is 853. The third-order valence-electron chi connectivity index (χ3n) is 4.27. The molecule has 13 heteroatoms. The quantitative estimate of drug-likeness (QED) is 0.226. The van der Waals surface area contributed by atoms with Crippen LogP contribution < -0.4 is 10.6 Å². The molecule has 1 unspecified atom stereocenters. The van der Waals surface area contributed by atoms with Crippen molar-refractivity contribution in [3.05, 3.63) is 28.0 Å². The fourth-order valence-corrected chi connectivity index (χ4v) is 4.03. The van der Waals surface area contributed by atoms with Crippen LogP contribution in [0.25, 0.3) is 0 Å². The molecule has 10 nitrogen and oxygen atoms in total. The highest BCUT2D eigenvalue weighted by Gasteiger charge is 2.29. The van der Waals surface area contributed by atoms with E-state index in [0.717, 1.165) is 5.75 Å². The van der Waals surface area contributed by atoms with Crippen LogP contribution in [0.3, 0.4) is 0 Å². The van der Waals surface area contributed by atoms with E-state index >= 15 is 0 Å². The molecule has 1 aliphatic heterocycles. The molecule has 2 atom stereocenters. The average Bonchev–Trinajstić information content (AvgIpc) is 3.25. The molecule has 0 radical (unpaired) electrons. The number of nitrogens with zero attached hydrogens (tertiary/aromatic N) is 2. The van der Waals surface area contributed by atoms with Crippen molar-refractivity contribution in [3.8, 4) is 0 Å². The number of carbonyl (C=O) groups excluding carboxylic acids is 4. The van der Waals surface area contributed by atoms with E-state index in [4.69, 9.17) is 32.7 Å². The summed E-state index contributed by atoms with van der Waals surface area (Å²) < 4.78 is 9.71. The number of carbonyl (C=O) groups is 4. The zero-order chi connectivity index (χ0) is 23.7. The smallest absolute Gasteiger partial charge is 0.410 e. The second kappa shape index (κ2) is 12.7. The molecule has 0 aromatic carbocycles. The first-order chi connectivity index (χ1) is 15.2. The van der Waals surface area contributed by atoms with Gasteiger partial charge in [0.05, 0.1) is 16.5 Å². The van der Waals surface area contributed by atoms with E-state index in [1.807, 2.05) is 0 Å². The molecule has 32 heavy (non-hydrogen) atoms. The Kier molecular flexibility index (Phi) is 10.3. The fourth-order valence-electron chi connectivity index (χ4n) is 2.81. The lowest BCUT2D eigenvalue weighted by atomic mass is 10.1. The first-order valence-electron chi connectivity index (χ1n) is 9.77. The van der Waals surface area contributed by atoms with Crippen molar-refractivity contribution >= 4 is 58.8 Å². The Morgan fingerprint density at radius 2 is 2.03 bits per heavy atom. The highest BCUT2D eigenvalue weighted by Crippen LogP contribution is 2.19. The number of halogens is 2. The number of nitrogens with one attached hydrogen (secondary N) is 2. The number of amides is 3. The van der Waals surface area contributed by atoms with Gasteiger partial charge in [0.25, 0.3) is 5.91 Å². The third kappa shape index (κ3) is 8.36. The van der Waals surface area contributed by atoms with Crippen LogP contribution in [0.5, 0.6) is 0 Å². The summed E-state index contributed by atoms with van der Waals surface area (Å²) in [5.41, 5.74) is 0.252. The van der Waals surface area contributed by atoms with Crippen molar-refractivity contribution in [1.29, 1.82) is 0 Å². The molecule has 1 saturated heterocycles. The summed E-state index contributed by atoms with van der Waals surface area (Å²) in [6, 6.07) is 0.556. The standard InChI is InChI=1S/C19H24Cl2N4O6S/c1-11(26)30-12(2)31-19(29)24-15(18(28)25-6-7-32-10-25)4-3-5-22-17(27)13-8-14(20)16(21)23-9-13/h8-9,12,15H,3-7,10H2,1-2H3,(H,22,27)(H,24,29)/t12?,15-/m0/s1. The Morgan fingerprint density at radius 1 is 1.28 bits per heavy atom. The molecule has 0 spiro atoms. The number of alkyl carbamates (subject to hydrolysis) is 1. The zero-order valence-corrected chi connectivity index (χ0v) is 19.9. The molecule has 0 saturated carbocycles. The van der Waals surface area contributed by atoms with E-state index in [-0.39, 0.29) is 34.6 Å². The van der Waals surface area contributed by atoms with Crippen molar-refractivity contribution in [1.82, 2.24) is 20.5 Å². The SMILES string of the molecule is CC(=O)OC(C)OC(=O)N[C@@H](CCCNC(=O)c1cnc(Cl)c(Cl)c1)C(=O)N1CCSC1. The second-order valence-electron chi connectivity index (χ2n) is 6.81. The zero-order valence-electron chi connectivity index (χ0n) is 17.6. The Labute approximate surface area is 199 Å². The minimum atomic E-state index is -1.09. The summed E-state index contributed by atoms with van der Waals surface area (Å²) in [6.45, 7) is 3.42. The number of hydrogen-bond acceptors (Lipinski definition) is 8. The van der Waals surface area contributed by atoms with Gasteiger partial charge in [-0.2, -0.15) is 0 Å². The van der Waals surface area contributed by atoms with E-state index in [2.05, 4.69) is 15.6 Å². The molecular weight excluding hydrogens is 483 g/mol. The minimum Gasteiger partial charge on any atom is -0.426 e. The van der Waals surface area contributed by atoms with Crippen molar-refractivity contribution in [2.75, 3.05) is 24.7 Å². The molecule has 2 rings (SSSR count). The molecule has 1 aromatic heterocycles. The Hall–Kier alpha value is -2.24. The predicted octanol–water partition coefficient (Wildman–Crippen LogP) is 2.44. The second-order valence-corrected chi connectivity index (χ2v) is 8.65. The lowest BCUT2D eigenvalue weighted by Gasteiger charge is -2.24. The molecule has 0 bridgehead atoms. The molecule has 176 valence electrons. The number of ether oxygens (including phenoxy) is 2. The van der Waals surface area contributed by atoms with Crippen molar-refractivity contribution in [3.63, 3.8) is 0 Å². The van der Waals surface area contributed by atoms with Gasteiger partial charge >= 0.3 is 12.1 Å². The molecule has 2 heterocycles. The van der Waals surface area contributed by atoms with E-state index in [1.165, 1.54) is 26.1 Å². The molecule has 1 aromatic rings. The summed E-state index contributed by atoms with van der Waals surface area (Å²) in [5.74, 6) is 0.126. The van der Waals surface area contributed by atoms with Gasteiger partial charge in [-0.25, -0.2) is 9.78 Å². The fraction of sp³-hybridized carbons (Fsp3) is 0.526. The monoisotopic (exact) mass is 506 g/mol. The lowest BCUT2D eigenvalue weighted by Crippen LogP contribution is -2.48. The largest absolute Gasteiger partial charge is 0.426 e. The van der Waals surface area contributed by atoms with Gasteiger partial charge in [-0.05, 0) is 18.9 Å². The van der Waals surface area contributed by atoms with Crippen LogP contribution in [0.1, 0.15) is 37.0 Å². The number of thioether (sulfide) groups is 1. The van der Waals surface area contributed by atoms with Gasteiger partial charge < -0.3 is 25.0 Å². The first kappa shape index (κ1) is 26.0. The normalized spacial score (nSPS) is 14.9. The van der Waals surface area contributed by atoms with E-state index in [9.17, 15) is 19.2 Å². The summed E-state index contributed by atoms with van der Waals surface area (Å²) in [7, 11) is 0. The highest BCUT2D eigenvalue weighted by atomic mass is 35.5. The summed E-state index contributed by atoms with van der Waals surface area (Å²) in [5, 5.41) is 5.50. The number of esters is 1. The summed E-state index contributed by atoms with van der Waals surface area (Å²) >= 11 is 13.2. The molecular formula is C19H24Cl2N4O6S. The maximum atomic E-state index is 12.8. The van der Waals surface area contributed by atoms with Crippen LogP contribution in [0.2, 0.25) is 10.2 Å². The van der Waals surface area contributed by atoms with Gasteiger partial charge in [-0.15, -0.1) is 11.8 Å². The van der Waals surface area contributed by atoms with Crippen LogP contribution in [-0.2, 0) is 19.1 Å². The molecule has 1 fully saturated rings. The first-order valence-corrected chi connectivity index (χ1v) is 11.7. The molecule has 3 amide bonds. The van der Waals surface area contributed by atoms with Gasteiger partial charge in [0.15, 0.2) is 0 Å². The Morgan fingerprint density at radius 3 is 2.66 bits per heavy atom. The molecule has 0 aliphatic carbocycles. The van der Waals surface area contributed by atoms with E-state index < -0.39 is 30.3 Å². The van der Waals surface area contributed by atoms with Gasteiger partial charge in [-0.1, -0.05) is 23.2 Å². The number of aromatic nitrogens is 1. The van der Waals surface area contributed by atoms with Gasteiger partial charge in [0.2, 0.25) is 12.2 Å². The number of hydrogen-bond donors (Lipinski definition) is 2. The lowest BCUT2D eigenvalue weighted by molar-refractivity contribution is -0.162. The van der Waals surface area contributed by atoms with Gasteiger partial charge in [-0.3, -0.25) is 14.4 Å². The molecule has 1 aliphatic rings. The van der Waals surface area contributed by atoms with Gasteiger partial charge in [0, 0.05) is 38.9 Å². The Balaban J connectivity index is 1.88. The maximum absolute atomic E-state index is 12.8. The van der Waals surface area contributed by atoms with Crippen LogP contribution in [0.15, 0.2) is 12.3 Å². The van der Waals surface area contributed by atoms with Crippen molar-refractivity contribution in [2.45, 2.75) is 39.0 Å². The minimum absolute atomic E-state index is 0.102. The third-order valence-corrected chi connectivity index (χ3v) is 5.92. The van der Waals surface area contributed by atoms with Crippen LogP contribution in [0.4, 0.5) is 4.79 Å². The highest BCUT2D eigenvalue weighted by molar-refractivity contribution is 7.99. The number of pyridine rings is 1. The summed E-state index contributed by atoms with van der Waals surface area (Å²) in [4.78, 5) is 53.6. The predicted molar refractivity (Wildman–Crippen MR) is 119 cm³/mol. The maximum Gasteiger partial charge on any atom is 0.410 e. The topological polar surface area (TPSA) is 127 Å². The van der Waals surface area contributed by atoms with Crippen molar-refractivity contribution in [2.24, 2.45) is 0 Å².